The molecule has 0 bridgehead atoms. The molecule has 0 unspecified atom stereocenters. The largest absolute Gasteiger partial charge is 0.398 e. The van der Waals surface area contributed by atoms with Crippen LogP contribution < -0.4 is 10.4 Å². The topological polar surface area (TPSA) is 80.4 Å². The molecule has 5 heteroatoms. The number of anilines is 1. The van der Waals surface area contributed by atoms with Crippen LogP contribution in [0.4, 0.5) is 11.4 Å². The molecule has 0 saturated heterocycles. The fraction of sp³-hybridized carbons (Fsp3) is 0. The number of rotatable bonds is 1. The van der Waals surface area contributed by atoms with E-state index in [1.165, 1.54) is 0 Å². The highest BCUT2D eigenvalue weighted by atomic mass is 16.6. The summed E-state index contributed by atoms with van der Waals surface area (Å²) in [7, 11) is 0. The van der Waals surface area contributed by atoms with Gasteiger partial charge in [-0.05, 0) is 28.2 Å². The summed E-state index contributed by atoms with van der Waals surface area (Å²) in [6.45, 7) is 0. The fourth-order valence-corrected chi connectivity index (χ4v) is 3.14. The minimum absolute atomic E-state index is 0.173. The third-order valence-electron chi connectivity index (χ3n) is 4.24. The molecule has 2 amide bonds. The van der Waals surface area contributed by atoms with Crippen molar-refractivity contribution in [1.29, 1.82) is 0 Å². The maximum absolute atomic E-state index is 12.7. The van der Waals surface area contributed by atoms with E-state index < -0.39 is 16.5 Å². The first-order valence-corrected chi connectivity index (χ1v) is 7.13. The molecular weight excluding hydrogens is 292 g/mol. The molecular formula is C18H13N2O3+. The Morgan fingerprint density at radius 1 is 0.783 bits per heavy atom. The number of carbonyl (C=O) groups is 2. The Kier molecular flexibility index (Phi) is 2.66. The number of amides is 2. The molecule has 0 aromatic heterocycles. The number of nitrogens with zero attached hydrogens (tertiary/aromatic N) is 1. The van der Waals surface area contributed by atoms with Gasteiger partial charge in [-0.3, -0.25) is 0 Å². The predicted octanol–water partition coefficient (Wildman–Crippen LogP) is 3.11. The minimum Gasteiger partial charge on any atom is -0.398 e. The Balaban J connectivity index is 2.06. The first-order chi connectivity index (χ1) is 11.0. The van der Waals surface area contributed by atoms with E-state index in [1.54, 1.807) is 48.5 Å². The average Bonchev–Trinajstić information content (AvgIpc) is 2.78. The molecule has 5 nitrogen and oxygen atoms in total. The van der Waals surface area contributed by atoms with Gasteiger partial charge in [-0.2, -0.15) is 5.21 Å². The van der Waals surface area contributed by atoms with Crippen LogP contribution in [0.15, 0.2) is 60.7 Å². The van der Waals surface area contributed by atoms with Gasteiger partial charge >= 0.3 is 11.8 Å². The predicted molar refractivity (Wildman–Crippen MR) is 87.0 cm³/mol. The smallest absolute Gasteiger partial charge is 0.392 e. The van der Waals surface area contributed by atoms with Gasteiger partial charge in [0, 0.05) is 11.8 Å². The second-order valence-electron chi connectivity index (χ2n) is 5.51. The number of hydrogen-bond donors (Lipinski definition) is 2. The number of nitrogens with two attached hydrogens (primary N) is 1. The standard InChI is InChI=1S/C18H13N2O3/c19-14-9-3-5-11-6-4-10-15(16(11)14)20(23)17(21)12-7-1-2-8-13(12)18(20)22/h1-10,23H,19H2/q+1. The highest BCUT2D eigenvalue weighted by Crippen LogP contribution is 2.40. The first-order valence-electron chi connectivity index (χ1n) is 7.13. The quantitative estimate of drug-likeness (QED) is 0.313. The molecule has 23 heavy (non-hydrogen) atoms. The number of benzene rings is 3. The zero-order valence-electron chi connectivity index (χ0n) is 12.1. The monoisotopic (exact) mass is 305 g/mol. The Labute approximate surface area is 131 Å². The van der Waals surface area contributed by atoms with Gasteiger partial charge in [0.15, 0.2) is 5.69 Å². The Morgan fingerprint density at radius 2 is 1.35 bits per heavy atom. The lowest BCUT2D eigenvalue weighted by Crippen LogP contribution is -2.51. The number of hydrogen-bond acceptors (Lipinski definition) is 4. The van der Waals surface area contributed by atoms with Gasteiger partial charge < -0.3 is 5.73 Å². The molecule has 3 aromatic carbocycles. The third-order valence-corrected chi connectivity index (χ3v) is 4.24. The molecule has 0 atom stereocenters. The summed E-state index contributed by atoms with van der Waals surface area (Å²) in [4.78, 5) is 25.5. The van der Waals surface area contributed by atoms with Gasteiger partial charge in [0.2, 0.25) is 0 Å². The van der Waals surface area contributed by atoms with Gasteiger partial charge in [-0.25, -0.2) is 9.59 Å². The minimum atomic E-state index is -1.41. The van der Waals surface area contributed by atoms with Crippen molar-refractivity contribution in [1.82, 2.24) is 4.65 Å². The molecule has 3 N–H and O–H groups in total. The summed E-state index contributed by atoms with van der Waals surface area (Å²) in [5.41, 5.74) is 7.04. The van der Waals surface area contributed by atoms with Crippen molar-refractivity contribution in [2.24, 2.45) is 0 Å². The summed E-state index contributed by atoms with van der Waals surface area (Å²) in [5, 5.41) is 12.3. The number of fused-ring (bicyclic) bond motifs is 2. The summed E-state index contributed by atoms with van der Waals surface area (Å²) in [5.74, 6) is -1.33. The van der Waals surface area contributed by atoms with E-state index in [0.717, 1.165) is 5.39 Å². The van der Waals surface area contributed by atoms with E-state index >= 15 is 0 Å². The molecule has 0 spiro atoms. The van der Waals surface area contributed by atoms with Crippen molar-refractivity contribution in [2.45, 2.75) is 0 Å². The third kappa shape index (κ3) is 1.63. The Morgan fingerprint density at radius 3 is 1.96 bits per heavy atom. The molecule has 0 radical (unpaired) electrons. The molecule has 1 heterocycles. The molecule has 3 aromatic rings. The number of hydroxylamine groups is 2. The maximum atomic E-state index is 12.7. The molecule has 112 valence electrons. The van der Waals surface area contributed by atoms with E-state index in [2.05, 4.69) is 0 Å². The van der Waals surface area contributed by atoms with Crippen molar-refractivity contribution >= 4 is 34.0 Å². The zero-order chi connectivity index (χ0) is 16.2. The average molecular weight is 305 g/mol. The van der Waals surface area contributed by atoms with Crippen LogP contribution in [0.5, 0.6) is 0 Å². The Bertz CT molecular complexity index is 954. The molecule has 0 fully saturated rings. The van der Waals surface area contributed by atoms with Crippen LogP contribution in [-0.2, 0) is 0 Å². The van der Waals surface area contributed by atoms with Crippen LogP contribution in [0.25, 0.3) is 10.8 Å². The highest BCUT2D eigenvalue weighted by Gasteiger charge is 2.56. The van der Waals surface area contributed by atoms with Crippen molar-refractivity contribution in [2.75, 3.05) is 5.73 Å². The van der Waals surface area contributed by atoms with Gasteiger partial charge in [-0.15, -0.1) is 0 Å². The van der Waals surface area contributed by atoms with Gasteiger partial charge in [0.25, 0.3) is 0 Å². The van der Waals surface area contributed by atoms with Crippen LogP contribution in [0.3, 0.4) is 0 Å². The van der Waals surface area contributed by atoms with Crippen LogP contribution in [-0.4, -0.2) is 17.0 Å². The molecule has 1 aliphatic rings. The van der Waals surface area contributed by atoms with E-state index in [1.807, 2.05) is 12.1 Å². The summed E-state index contributed by atoms with van der Waals surface area (Å²) in [6.07, 6.45) is 0. The number of quaternary nitrogens is 1. The van der Waals surface area contributed by atoms with E-state index in [-0.39, 0.29) is 16.8 Å². The maximum Gasteiger partial charge on any atom is 0.392 e. The number of nitrogen functional groups attached to an aromatic ring is 1. The lowest BCUT2D eigenvalue weighted by Gasteiger charge is -2.20. The van der Waals surface area contributed by atoms with Gasteiger partial charge in [-0.1, -0.05) is 36.4 Å². The SMILES string of the molecule is Nc1cccc2cccc([N+]3(O)C(=O)c4ccccc4C3=O)c12. The van der Waals surface area contributed by atoms with Crippen LogP contribution in [0.1, 0.15) is 20.7 Å². The summed E-state index contributed by atoms with van der Waals surface area (Å²) < 4.78 is -1.41. The van der Waals surface area contributed by atoms with Crippen LogP contribution in [0.2, 0.25) is 0 Å². The van der Waals surface area contributed by atoms with Crippen LogP contribution in [0, 0.1) is 0 Å². The van der Waals surface area contributed by atoms with Crippen molar-refractivity contribution in [3.8, 4) is 0 Å². The van der Waals surface area contributed by atoms with Crippen molar-refractivity contribution in [3.63, 3.8) is 0 Å². The highest BCUT2D eigenvalue weighted by molar-refractivity contribution is 6.30. The summed E-state index contributed by atoms with van der Waals surface area (Å²) in [6, 6.07) is 16.8. The van der Waals surface area contributed by atoms with Crippen molar-refractivity contribution in [3.05, 3.63) is 71.8 Å². The van der Waals surface area contributed by atoms with E-state index in [0.29, 0.717) is 11.1 Å². The fourth-order valence-electron chi connectivity index (χ4n) is 3.14. The number of carbonyl (C=O) groups excluding carboxylic acids is 2. The van der Waals surface area contributed by atoms with E-state index in [4.69, 9.17) is 5.73 Å². The van der Waals surface area contributed by atoms with Crippen LogP contribution >= 0.6 is 0 Å². The molecule has 4 rings (SSSR count). The lowest BCUT2D eigenvalue weighted by atomic mass is 10.1. The van der Waals surface area contributed by atoms with Crippen molar-refractivity contribution < 1.29 is 14.8 Å². The lowest BCUT2D eigenvalue weighted by molar-refractivity contribution is -0.0271. The van der Waals surface area contributed by atoms with Gasteiger partial charge in [0.05, 0.1) is 5.39 Å². The second-order valence-corrected chi connectivity index (χ2v) is 5.51. The second kappa shape index (κ2) is 4.49. The molecule has 0 aliphatic carbocycles. The Hall–Kier alpha value is -3.02. The normalized spacial score (nSPS) is 15.9. The number of imide groups is 1. The summed E-state index contributed by atoms with van der Waals surface area (Å²) >= 11 is 0. The molecule has 0 saturated carbocycles. The zero-order valence-corrected chi connectivity index (χ0v) is 12.1. The molecule has 1 aliphatic heterocycles. The van der Waals surface area contributed by atoms with Gasteiger partial charge in [0.1, 0.15) is 11.1 Å². The van der Waals surface area contributed by atoms with E-state index in [9.17, 15) is 14.8 Å². The first kappa shape index (κ1) is 13.6.